The van der Waals surface area contributed by atoms with Gasteiger partial charge in [-0.15, -0.1) is 0 Å². The summed E-state index contributed by atoms with van der Waals surface area (Å²) in [5.41, 5.74) is 1.23. The number of fused-ring (bicyclic) bond motifs is 1. The Balaban J connectivity index is 1.97. The summed E-state index contributed by atoms with van der Waals surface area (Å²) in [4.78, 5) is 3.61. The fourth-order valence-electron chi connectivity index (χ4n) is 2.63. The van der Waals surface area contributed by atoms with Crippen LogP contribution in [0.1, 0.15) is 25.7 Å². The fourth-order valence-corrected chi connectivity index (χ4v) is 3.83. The van der Waals surface area contributed by atoms with Crippen LogP contribution in [0.5, 0.6) is 0 Å². The molecule has 1 fully saturated rings. The van der Waals surface area contributed by atoms with Crippen LogP contribution in [-0.2, 0) is 0 Å². The maximum Gasteiger partial charge on any atom is 0.0781 e. The van der Waals surface area contributed by atoms with Gasteiger partial charge in [0.2, 0.25) is 0 Å². The lowest BCUT2D eigenvalue weighted by atomic mass is 10.2. The fraction of sp³-hybridized carbons (Fsp3) is 0.500. The number of anilines is 1. The SMILES string of the molecule is Clc1cc2c(cc1Cl)N(C1CCCC1)CNS2. The average Bonchev–Trinajstić information content (AvgIpc) is 2.83. The molecule has 1 N–H and O–H groups in total. The highest BCUT2D eigenvalue weighted by molar-refractivity contribution is 7.97. The Hall–Kier alpha value is -0.0900. The first kappa shape index (κ1) is 12.0. The zero-order chi connectivity index (χ0) is 11.8. The topological polar surface area (TPSA) is 15.3 Å². The molecule has 0 atom stereocenters. The van der Waals surface area contributed by atoms with Crippen LogP contribution in [0.4, 0.5) is 5.69 Å². The van der Waals surface area contributed by atoms with Crippen LogP contribution < -0.4 is 9.62 Å². The Morgan fingerprint density at radius 2 is 1.88 bits per heavy atom. The van der Waals surface area contributed by atoms with Gasteiger partial charge in [-0.05, 0) is 36.9 Å². The second-order valence-corrected chi connectivity index (χ2v) is 6.29. The molecule has 1 aromatic rings. The molecule has 3 rings (SSSR count). The second-order valence-electron chi connectivity index (χ2n) is 4.55. The van der Waals surface area contributed by atoms with Crippen LogP contribution in [-0.4, -0.2) is 12.7 Å². The summed E-state index contributed by atoms with van der Waals surface area (Å²) in [5.74, 6) is 0. The van der Waals surface area contributed by atoms with Crippen molar-refractivity contribution in [2.75, 3.05) is 11.6 Å². The predicted octanol–water partition coefficient (Wildman–Crippen LogP) is 4.31. The molecule has 1 aliphatic heterocycles. The van der Waals surface area contributed by atoms with E-state index in [9.17, 15) is 0 Å². The molecule has 0 spiro atoms. The summed E-state index contributed by atoms with van der Waals surface area (Å²) in [7, 11) is 0. The van der Waals surface area contributed by atoms with Gasteiger partial charge in [0.25, 0.3) is 0 Å². The Morgan fingerprint density at radius 1 is 1.18 bits per heavy atom. The molecule has 92 valence electrons. The van der Waals surface area contributed by atoms with E-state index in [0.29, 0.717) is 16.1 Å². The van der Waals surface area contributed by atoms with E-state index in [1.165, 1.54) is 36.3 Å². The molecule has 0 aromatic heterocycles. The predicted molar refractivity (Wildman–Crippen MR) is 75.1 cm³/mol. The number of nitrogens with one attached hydrogen (secondary N) is 1. The zero-order valence-electron chi connectivity index (χ0n) is 9.38. The minimum absolute atomic E-state index is 0.632. The highest BCUT2D eigenvalue weighted by Crippen LogP contribution is 2.41. The molecule has 1 heterocycles. The lowest BCUT2D eigenvalue weighted by Crippen LogP contribution is -2.41. The molecule has 0 bridgehead atoms. The summed E-state index contributed by atoms with van der Waals surface area (Å²) < 4.78 is 3.36. The minimum Gasteiger partial charge on any atom is -0.354 e. The second kappa shape index (κ2) is 4.88. The van der Waals surface area contributed by atoms with Crippen molar-refractivity contribution in [1.82, 2.24) is 4.72 Å². The average molecular weight is 289 g/mol. The minimum atomic E-state index is 0.632. The maximum atomic E-state index is 6.13. The smallest absolute Gasteiger partial charge is 0.0781 e. The molecule has 17 heavy (non-hydrogen) atoms. The summed E-state index contributed by atoms with van der Waals surface area (Å²) >= 11 is 13.8. The number of halogens is 2. The number of hydrogen-bond donors (Lipinski definition) is 1. The molecule has 2 aliphatic rings. The van der Waals surface area contributed by atoms with Crippen molar-refractivity contribution in [3.63, 3.8) is 0 Å². The number of nitrogens with zero attached hydrogens (tertiary/aromatic N) is 1. The van der Waals surface area contributed by atoms with Crippen molar-refractivity contribution in [1.29, 1.82) is 0 Å². The highest BCUT2D eigenvalue weighted by atomic mass is 35.5. The highest BCUT2D eigenvalue weighted by Gasteiger charge is 2.27. The van der Waals surface area contributed by atoms with Crippen molar-refractivity contribution in [3.05, 3.63) is 22.2 Å². The van der Waals surface area contributed by atoms with Gasteiger partial charge in [-0.2, -0.15) is 0 Å². The van der Waals surface area contributed by atoms with E-state index in [1.807, 2.05) is 12.1 Å². The lowest BCUT2D eigenvalue weighted by Gasteiger charge is -2.36. The van der Waals surface area contributed by atoms with Gasteiger partial charge in [-0.1, -0.05) is 36.0 Å². The largest absolute Gasteiger partial charge is 0.354 e. The zero-order valence-corrected chi connectivity index (χ0v) is 11.7. The summed E-state index contributed by atoms with van der Waals surface area (Å²) in [6, 6.07) is 4.61. The third-order valence-electron chi connectivity index (χ3n) is 3.49. The Morgan fingerprint density at radius 3 is 2.65 bits per heavy atom. The van der Waals surface area contributed by atoms with Crippen LogP contribution in [0.3, 0.4) is 0 Å². The van der Waals surface area contributed by atoms with Crippen LogP contribution >= 0.6 is 35.1 Å². The first-order chi connectivity index (χ1) is 8.25. The molecule has 5 heteroatoms. The van der Waals surface area contributed by atoms with Gasteiger partial charge in [-0.3, -0.25) is 0 Å². The van der Waals surface area contributed by atoms with E-state index < -0.39 is 0 Å². The number of benzene rings is 1. The van der Waals surface area contributed by atoms with Crippen LogP contribution in [0, 0.1) is 0 Å². The Bertz CT molecular complexity index is 433. The van der Waals surface area contributed by atoms with Gasteiger partial charge < -0.3 is 4.90 Å². The van der Waals surface area contributed by atoms with Gasteiger partial charge in [0.05, 0.1) is 22.4 Å². The van der Waals surface area contributed by atoms with Crippen molar-refractivity contribution < 1.29 is 0 Å². The van der Waals surface area contributed by atoms with Crippen LogP contribution in [0.25, 0.3) is 0 Å². The van der Waals surface area contributed by atoms with Gasteiger partial charge >= 0.3 is 0 Å². The van der Waals surface area contributed by atoms with Crippen molar-refractivity contribution in [3.8, 4) is 0 Å². The van der Waals surface area contributed by atoms with E-state index in [0.717, 1.165) is 6.67 Å². The maximum absolute atomic E-state index is 6.13. The van der Waals surface area contributed by atoms with Gasteiger partial charge in [-0.25, -0.2) is 4.72 Å². The van der Waals surface area contributed by atoms with Crippen LogP contribution in [0.2, 0.25) is 10.0 Å². The molecular weight excluding hydrogens is 275 g/mol. The molecule has 0 radical (unpaired) electrons. The van der Waals surface area contributed by atoms with Crippen molar-refractivity contribution >= 4 is 40.8 Å². The molecule has 0 amide bonds. The summed E-state index contributed by atoms with van der Waals surface area (Å²) in [5, 5.41) is 1.28. The van der Waals surface area contributed by atoms with Gasteiger partial charge in [0.1, 0.15) is 0 Å². The standard InChI is InChI=1S/C12H14Cl2N2S/c13-9-5-11-12(6-10(9)14)17-15-7-16(11)8-3-1-2-4-8/h5-6,8,15H,1-4,7H2. The molecule has 1 aromatic carbocycles. The van der Waals surface area contributed by atoms with E-state index in [-0.39, 0.29) is 0 Å². The third kappa shape index (κ3) is 2.26. The molecule has 0 unspecified atom stereocenters. The number of rotatable bonds is 1. The monoisotopic (exact) mass is 288 g/mol. The van der Waals surface area contributed by atoms with Gasteiger partial charge in [0.15, 0.2) is 0 Å². The first-order valence-electron chi connectivity index (χ1n) is 5.91. The number of hydrogen-bond acceptors (Lipinski definition) is 3. The third-order valence-corrected chi connectivity index (χ3v) is 5.04. The van der Waals surface area contributed by atoms with Crippen molar-refractivity contribution in [2.45, 2.75) is 36.6 Å². The lowest BCUT2D eigenvalue weighted by molar-refractivity contribution is 0.593. The van der Waals surface area contributed by atoms with E-state index in [2.05, 4.69) is 9.62 Å². The Kier molecular flexibility index (Phi) is 3.44. The molecule has 1 aliphatic carbocycles. The van der Waals surface area contributed by atoms with Crippen molar-refractivity contribution in [2.24, 2.45) is 0 Å². The molecule has 0 saturated heterocycles. The summed E-state index contributed by atoms with van der Waals surface area (Å²) in [6.07, 6.45) is 5.24. The van der Waals surface area contributed by atoms with Gasteiger partial charge in [0, 0.05) is 10.9 Å². The van der Waals surface area contributed by atoms with Crippen LogP contribution in [0.15, 0.2) is 17.0 Å². The molecular formula is C12H14Cl2N2S. The Labute approximate surface area is 116 Å². The normalized spacial score (nSPS) is 20.7. The van der Waals surface area contributed by atoms with E-state index in [1.54, 1.807) is 11.9 Å². The quantitative estimate of drug-likeness (QED) is 0.775. The van der Waals surface area contributed by atoms with E-state index in [4.69, 9.17) is 23.2 Å². The molecule has 1 saturated carbocycles. The first-order valence-corrected chi connectivity index (χ1v) is 7.48. The van der Waals surface area contributed by atoms with E-state index >= 15 is 0 Å². The summed E-state index contributed by atoms with van der Waals surface area (Å²) in [6.45, 7) is 0.889. The molecule has 2 nitrogen and oxygen atoms in total.